The van der Waals surface area contributed by atoms with Gasteiger partial charge in [-0.15, -0.1) is 0 Å². The molecule has 7 heteroatoms. The first kappa shape index (κ1) is 18.3. The van der Waals surface area contributed by atoms with Gasteiger partial charge in [-0.25, -0.2) is 0 Å². The van der Waals surface area contributed by atoms with Gasteiger partial charge in [-0.05, 0) is 24.6 Å². The number of nitrogens with zero attached hydrogens (tertiary/aromatic N) is 1. The summed E-state index contributed by atoms with van der Waals surface area (Å²) < 4.78 is 16.4. The van der Waals surface area contributed by atoms with Crippen molar-refractivity contribution in [3.05, 3.63) is 53.6 Å². The number of morpholine rings is 1. The van der Waals surface area contributed by atoms with E-state index >= 15 is 0 Å². The highest BCUT2D eigenvalue weighted by molar-refractivity contribution is 5.98. The fourth-order valence-electron chi connectivity index (χ4n) is 3.26. The Labute approximate surface area is 163 Å². The summed E-state index contributed by atoms with van der Waals surface area (Å²) in [7, 11) is 0. The molecule has 2 aliphatic heterocycles. The Morgan fingerprint density at radius 2 is 1.86 bits per heavy atom. The maximum absolute atomic E-state index is 12.9. The van der Waals surface area contributed by atoms with Crippen LogP contribution in [-0.4, -0.2) is 49.2 Å². The lowest BCUT2D eigenvalue weighted by Crippen LogP contribution is -2.54. The van der Waals surface area contributed by atoms with E-state index in [0.717, 1.165) is 11.1 Å². The van der Waals surface area contributed by atoms with Gasteiger partial charge in [-0.3, -0.25) is 9.59 Å². The van der Waals surface area contributed by atoms with Crippen LogP contribution >= 0.6 is 0 Å². The van der Waals surface area contributed by atoms with Crippen molar-refractivity contribution in [3.8, 4) is 11.5 Å². The molecule has 2 aliphatic rings. The highest BCUT2D eigenvalue weighted by atomic mass is 16.6. The Bertz CT molecular complexity index is 881. The second kappa shape index (κ2) is 7.90. The van der Waals surface area contributed by atoms with Crippen LogP contribution in [0.15, 0.2) is 42.5 Å². The number of aryl methyl sites for hydroxylation is 1. The van der Waals surface area contributed by atoms with Crippen molar-refractivity contribution in [2.24, 2.45) is 0 Å². The van der Waals surface area contributed by atoms with E-state index in [1.165, 1.54) is 0 Å². The summed E-state index contributed by atoms with van der Waals surface area (Å²) in [6.07, 6.45) is 0. The number of fused-ring (bicyclic) bond motifs is 1. The molecule has 7 nitrogen and oxygen atoms in total. The van der Waals surface area contributed by atoms with Gasteiger partial charge < -0.3 is 24.4 Å². The summed E-state index contributed by atoms with van der Waals surface area (Å²) in [6.45, 7) is 3.50. The van der Waals surface area contributed by atoms with Crippen molar-refractivity contribution < 1.29 is 23.8 Å². The van der Waals surface area contributed by atoms with Crippen molar-refractivity contribution in [1.29, 1.82) is 0 Å². The van der Waals surface area contributed by atoms with E-state index in [1.54, 1.807) is 23.1 Å². The molecular formula is C21H22N2O5. The van der Waals surface area contributed by atoms with Crippen LogP contribution in [0.5, 0.6) is 11.5 Å². The van der Waals surface area contributed by atoms with Crippen molar-refractivity contribution in [2.45, 2.75) is 19.5 Å². The lowest BCUT2D eigenvalue weighted by molar-refractivity contribution is -0.154. The van der Waals surface area contributed by atoms with Crippen molar-refractivity contribution in [1.82, 2.24) is 4.90 Å². The summed E-state index contributed by atoms with van der Waals surface area (Å²) in [4.78, 5) is 26.9. The Hall–Kier alpha value is -3.06. The first-order chi connectivity index (χ1) is 13.6. The molecule has 0 bridgehead atoms. The third-order valence-electron chi connectivity index (χ3n) is 4.78. The lowest BCUT2D eigenvalue weighted by atomic mass is 10.1. The van der Waals surface area contributed by atoms with E-state index in [4.69, 9.17) is 14.2 Å². The van der Waals surface area contributed by atoms with Gasteiger partial charge >= 0.3 is 0 Å². The molecule has 0 aliphatic carbocycles. The molecule has 1 N–H and O–H groups in total. The average molecular weight is 382 g/mol. The van der Waals surface area contributed by atoms with Gasteiger partial charge in [-0.2, -0.15) is 0 Å². The predicted octanol–water partition coefficient (Wildman–Crippen LogP) is 2.13. The SMILES string of the molecule is Cc1ccc(CN2C(=O)COC[C@H]2C(=O)Nc2ccc3c(c2)OCCO3)cc1. The Morgan fingerprint density at radius 1 is 1.11 bits per heavy atom. The average Bonchev–Trinajstić information content (AvgIpc) is 2.71. The second-order valence-electron chi connectivity index (χ2n) is 6.89. The van der Waals surface area contributed by atoms with Crippen molar-refractivity contribution in [3.63, 3.8) is 0 Å². The molecule has 2 heterocycles. The monoisotopic (exact) mass is 382 g/mol. The highest BCUT2D eigenvalue weighted by Gasteiger charge is 2.34. The molecule has 0 saturated carbocycles. The van der Waals surface area contributed by atoms with Crippen LogP contribution < -0.4 is 14.8 Å². The van der Waals surface area contributed by atoms with Crippen LogP contribution in [0, 0.1) is 6.92 Å². The maximum Gasteiger partial charge on any atom is 0.249 e. The zero-order valence-corrected chi connectivity index (χ0v) is 15.6. The third-order valence-corrected chi connectivity index (χ3v) is 4.78. The number of nitrogens with one attached hydrogen (secondary N) is 1. The summed E-state index contributed by atoms with van der Waals surface area (Å²) in [5.41, 5.74) is 2.70. The molecule has 2 aromatic rings. The van der Waals surface area contributed by atoms with Gasteiger partial charge in [0.25, 0.3) is 0 Å². The van der Waals surface area contributed by atoms with Gasteiger partial charge in [0.2, 0.25) is 11.8 Å². The summed E-state index contributed by atoms with van der Waals surface area (Å²) in [6, 6.07) is 12.5. The predicted molar refractivity (Wildman–Crippen MR) is 102 cm³/mol. The van der Waals surface area contributed by atoms with Gasteiger partial charge in [-0.1, -0.05) is 29.8 Å². The van der Waals surface area contributed by atoms with E-state index in [2.05, 4.69) is 5.32 Å². The van der Waals surface area contributed by atoms with E-state index in [-0.39, 0.29) is 25.0 Å². The largest absolute Gasteiger partial charge is 0.486 e. The summed E-state index contributed by atoms with van der Waals surface area (Å²) in [5.74, 6) is 0.754. The number of carbonyl (C=O) groups excluding carboxylic acids is 2. The van der Waals surface area contributed by atoms with Gasteiger partial charge in [0.05, 0.1) is 6.61 Å². The zero-order chi connectivity index (χ0) is 19.5. The maximum atomic E-state index is 12.9. The number of benzene rings is 2. The van der Waals surface area contributed by atoms with Crippen molar-refractivity contribution >= 4 is 17.5 Å². The number of hydrogen-bond acceptors (Lipinski definition) is 5. The normalized spacial score (nSPS) is 18.7. The van der Waals surface area contributed by atoms with Crippen LogP contribution in [0.3, 0.4) is 0 Å². The first-order valence-electron chi connectivity index (χ1n) is 9.23. The molecule has 1 atom stereocenters. The topological polar surface area (TPSA) is 77.1 Å². The number of hydrogen-bond donors (Lipinski definition) is 1. The zero-order valence-electron chi connectivity index (χ0n) is 15.6. The minimum atomic E-state index is -0.698. The lowest BCUT2D eigenvalue weighted by Gasteiger charge is -2.34. The molecule has 2 amide bonds. The van der Waals surface area contributed by atoms with Gasteiger partial charge in [0.1, 0.15) is 25.9 Å². The van der Waals surface area contributed by atoms with Crippen LogP contribution in [0.25, 0.3) is 0 Å². The van der Waals surface area contributed by atoms with Crippen molar-refractivity contribution in [2.75, 3.05) is 31.7 Å². The molecule has 0 spiro atoms. The van der Waals surface area contributed by atoms with E-state index in [0.29, 0.717) is 36.9 Å². The van der Waals surface area contributed by atoms with Gasteiger partial charge in [0.15, 0.2) is 11.5 Å². The minimum absolute atomic E-state index is 0.0142. The quantitative estimate of drug-likeness (QED) is 0.877. The molecular weight excluding hydrogens is 360 g/mol. The van der Waals surface area contributed by atoms with Gasteiger partial charge in [0, 0.05) is 18.3 Å². The van der Waals surface area contributed by atoms with E-state index in [9.17, 15) is 9.59 Å². The molecule has 1 saturated heterocycles. The summed E-state index contributed by atoms with van der Waals surface area (Å²) >= 11 is 0. The molecule has 146 valence electrons. The third kappa shape index (κ3) is 3.94. The summed E-state index contributed by atoms with van der Waals surface area (Å²) in [5, 5.41) is 2.86. The first-order valence-corrected chi connectivity index (χ1v) is 9.23. The molecule has 0 aromatic heterocycles. The minimum Gasteiger partial charge on any atom is -0.486 e. The highest BCUT2D eigenvalue weighted by Crippen LogP contribution is 2.32. The number of carbonyl (C=O) groups is 2. The Morgan fingerprint density at radius 3 is 2.64 bits per heavy atom. The van der Waals surface area contributed by atoms with E-state index < -0.39 is 6.04 Å². The van der Waals surface area contributed by atoms with Crippen LogP contribution in [0.1, 0.15) is 11.1 Å². The number of amides is 2. The van der Waals surface area contributed by atoms with Crippen LogP contribution in [-0.2, 0) is 20.9 Å². The molecule has 1 fully saturated rings. The fraction of sp³-hybridized carbons (Fsp3) is 0.333. The molecule has 4 rings (SSSR count). The molecule has 2 aromatic carbocycles. The molecule has 0 radical (unpaired) electrons. The van der Waals surface area contributed by atoms with Crippen LogP contribution in [0.2, 0.25) is 0 Å². The number of anilines is 1. The standard InChI is InChI=1S/C21H22N2O5/c1-14-2-4-15(5-3-14)11-23-17(12-26-13-20(23)24)21(25)22-16-6-7-18-19(10-16)28-9-8-27-18/h2-7,10,17H,8-9,11-13H2,1H3,(H,22,25)/t17-/m0/s1. The Kier molecular flexibility index (Phi) is 5.16. The Balaban J connectivity index is 1.49. The number of rotatable bonds is 4. The van der Waals surface area contributed by atoms with Crippen LogP contribution in [0.4, 0.5) is 5.69 Å². The van der Waals surface area contributed by atoms with E-state index in [1.807, 2.05) is 31.2 Å². The molecule has 0 unspecified atom stereocenters. The smallest absolute Gasteiger partial charge is 0.249 e. The number of ether oxygens (including phenoxy) is 3. The molecule has 28 heavy (non-hydrogen) atoms. The fourth-order valence-corrected chi connectivity index (χ4v) is 3.26. The second-order valence-corrected chi connectivity index (χ2v) is 6.89.